The van der Waals surface area contributed by atoms with E-state index < -0.39 is 19.1 Å². The zero-order chi connectivity index (χ0) is 25.2. The molecule has 0 saturated heterocycles. The smallest absolute Gasteiger partial charge is 0.492 e. The van der Waals surface area contributed by atoms with Gasteiger partial charge >= 0.3 is 13.1 Å². The first-order valence-electron chi connectivity index (χ1n) is 11.2. The third-order valence-electron chi connectivity index (χ3n) is 5.43. The van der Waals surface area contributed by atoms with E-state index in [1.54, 1.807) is 36.4 Å². The molecule has 0 aromatic heterocycles. The monoisotopic (exact) mass is 477 g/mol. The van der Waals surface area contributed by atoms with Gasteiger partial charge in [-0.2, -0.15) is 0 Å². The van der Waals surface area contributed by atoms with Crippen molar-refractivity contribution in [2.24, 2.45) is 0 Å². The minimum atomic E-state index is -1.76. The average molecular weight is 477 g/mol. The summed E-state index contributed by atoms with van der Waals surface area (Å²) in [7, 11) is -0.341. The van der Waals surface area contributed by atoms with Crippen molar-refractivity contribution < 1.29 is 34.2 Å². The maximum atomic E-state index is 12.9. The summed E-state index contributed by atoms with van der Waals surface area (Å²) in [5.74, 6) is -0.499. The molecular formula is C26H28BNO7. The highest BCUT2D eigenvalue weighted by molar-refractivity contribution is 6.59. The molecule has 8 nitrogen and oxygen atoms in total. The molecule has 0 spiro atoms. The molecule has 0 heterocycles. The molecule has 0 fully saturated rings. The van der Waals surface area contributed by atoms with Crippen LogP contribution < -0.4 is 15.5 Å². The van der Waals surface area contributed by atoms with Gasteiger partial charge in [0.15, 0.2) is 0 Å². The van der Waals surface area contributed by atoms with E-state index in [4.69, 9.17) is 9.47 Å². The number of benzene rings is 3. The Morgan fingerprint density at radius 1 is 0.943 bits per heavy atom. The molecule has 0 aliphatic carbocycles. The van der Waals surface area contributed by atoms with Gasteiger partial charge in [-0.05, 0) is 41.3 Å². The lowest BCUT2D eigenvalue weighted by atomic mass is 9.78. The van der Waals surface area contributed by atoms with Crippen LogP contribution in [0.1, 0.15) is 23.1 Å². The van der Waals surface area contributed by atoms with E-state index in [0.717, 1.165) is 11.1 Å². The van der Waals surface area contributed by atoms with Crippen molar-refractivity contribution in [2.45, 2.75) is 31.9 Å². The molecule has 0 bridgehead atoms. The Labute approximate surface area is 204 Å². The fourth-order valence-corrected chi connectivity index (χ4v) is 3.56. The quantitative estimate of drug-likeness (QED) is 0.244. The van der Waals surface area contributed by atoms with E-state index in [1.165, 1.54) is 13.2 Å². The Bertz CT molecular complexity index is 1120. The van der Waals surface area contributed by atoms with Crippen LogP contribution in [0.3, 0.4) is 0 Å². The van der Waals surface area contributed by atoms with Crippen molar-refractivity contribution >= 4 is 24.5 Å². The summed E-state index contributed by atoms with van der Waals surface area (Å²) in [6.07, 6.45) is 0.653. The van der Waals surface area contributed by atoms with E-state index in [2.05, 4.69) is 5.32 Å². The lowest BCUT2D eigenvalue weighted by molar-refractivity contribution is -0.149. The lowest BCUT2D eigenvalue weighted by Crippen LogP contribution is -2.43. The van der Waals surface area contributed by atoms with Crippen molar-refractivity contribution in [3.05, 3.63) is 89.5 Å². The molecule has 3 aromatic carbocycles. The molecule has 182 valence electrons. The van der Waals surface area contributed by atoms with Crippen LogP contribution >= 0.6 is 0 Å². The van der Waals surface area contributed by atoms with Crippen LogP contribution in [0.5, 0.6) is 11.5 Å². The number of carbonyl (C=O) groups is 2. The van der Waals surface area contributed by atoms with Crippen LogP contribution in [0.4, 0.5) is 0 Å². The number of ether oxygens (including phenoxy) is 2. The Morgan fingerprint density at radius 3 is 2.29 bits per heavy atom. The summed E-state index contributed by atoms with van der Waals surface area (Å²) in [6.45, 7) is 0.0583. The minimum Gasteiger partial charge on any atom is -0.508 e. The Kier molecular flexibility index (Phi) is 9.28. The van der Waals surface area contributed by atoms with Gasteiger partial charge in [-0.25, -0.2) is 4.79 Å². The summed E-state index contributed by atoms with van der Waals surface area (Å²) in [6, 6.07) is 19.5. The van der Waals surface area contributed by atoms with Crippen LogP contribution in [0.15, 0.2) is 72.8 Å². The highest BCUT2D eigenvalue weighted by Crippen LogP contribution is 2.14. The van der Waals surface area contributed by atoms with Crippen molar-refractivity contribution in [3.8, 4) is 11.5 Å². The highest BCUT2D eigenvalue weighted by atomic mass is 16.5. The zero-order valence-electron chi connectivity index (χ0n) is 19.4. The number of esters is 1. The van der Waals surface area contributed by atoms with E-state index in [0.29, 0.717) is 17.7 Å². The molecule has 4 N–H and O–H groups in total. The number of aryl methyl sites for hydroxylation is 1. The number of rotatable bonds is 11. The molecule has 1 amide bonds. The number of nitrogens with one attached hydrogen (secondary N) is 1. The number of hydrogen-bond acceptors (Lipinski definition) is 7. The Morgan fingerprint density at radius 2 is 1.63 bits per heavy atom. The molecule has 35 heavy (non-hydrogen) atoms. The van der Waals surface area contributed by atoms with E-state index >= 15 is 0 Å². The normalized spacial score (nSPS) is 11.4. The fourth-order valence-electron chi connectivity index (χ4n) is 3.56. The first-order chi connectivity index (χ1) is 16.9. The number of phenolic OH excluding ortho intramolecular Hbond substituents is 1. The van der Waals surface area contributed by atoms with Gasteiger partial charge in [0.1, 0.15) is 24.1 Å². The van der Waals surface area contributed by atoms with Crippen molar-refractivity contribution in [3.63, 3.8) is 0 Å². The maximum absolute atomic E-state index is 12.9. The SMILES string of the molecule is COc1ccc(C[C@H](NC(=O)CCc2ccc(O)cc2)C(=O)OCc2ccccc2)cc1B(O)O. The number of phenols is 1. The predicted molar refractivity (Wildman–Crippen MR) is 131 cm³/mol. The molecule has 1 atom stereocenters. The molecule has 0 unspecified atom stereocenters. The van der Waals surface area contributed by atoms with Gasteiger partial charge in [-0.3, -0.25) is 4.79 Å². The summed E-state index contributed by atoms with van der Waals surface area (Å²) in [5.41, 5.74) is 2.43. The van der Waals surface area contributed by atoms with Gasteiger partial charge in [-0.15, -0.1) is 0 Å². The second kappa shape index (κ2) is 12.6. The predicted octanol–water partition coefficient (Wildman–Crippen LogP) is 1.48. The average Bonchev–Trinajstić information content (AvgIpc) is 2.87. The molecular weight excluding hydrogens is 449 g/mol. The van der Waals surface area contributed by atoms with E-state index in [-0.39, 0.29) is 36.6 Å². The fraction of sp³-hybridized carbons (Fsp3) is 0.231. The first kappa shape index (κ1) is 25.8. The first-order valence-corrected chi connectivity index (χ1v) is 11.2. The van der Waals surface area contributed by atoms with E-state index in [9.17, 15) is 24.7 Å². The van der Waals surface area contributed by atoms with Gasteiger partial charge in [-0.1, -0.05) is 54.6 Å². The van der Waals surface area contributed by atoms with Crippen LogP contribution in [-0.4, -0.2) is 47.3 Å². The zero-order valence-corrected chi connectivity index (χ0v) is 19.4. The van der Waals surface area contributed by atoms with Gasteiger partial charge in [0.25, 0.3) is 0 Å². The maximum Gasteiger partial charge on any atom is 0.492 e. The Hall–Kier alpha value is -3.82. The van der Waals surface area contributed by atoms with Crippen LogP contribution in [0.25, 0.3) is 0 Å². The van der Waals surface area contributed by atoms with Gasteiger partial charge < -0.3 is 29.9 Å². The van der Waals surface area contributed by atoms with Crippen LogP contribution in [0.2, 0.25) is 0 Å². The number of methoxy groups -OCH3 is 1. The summed E-state index contributed by atoms with van der Waals surface area (Å²) in [4.78, 5) is 25.6. The standard InChI is InChI=1S/C26H28BNO7/c1-34-24-13-9-20(15-22(24)27(32)33)16-23(26(31)35-17-19-5-3-2-4-6-19)28-25(30)14-10-18-7-11-21(29)12-8-18/h2-9,11-13,15,23,29,32-33H,10,14,16-17H2,1H3,(H,28,30)/t23-/m0/s1. The largest absolute Gasteiger partial charge is 0.508 e. The number of amides is 1. The molecule has 0 aliphatic rings. The molecule has 0 radical (unpaired) electrons. The topological polar surface area (TPSA) is 125 Å². The molecule has 0 aliphatic heterocycles. The van der Waals surface area contributed by atoms with Gasteiger partial charge in [0.05, 0.1) is 7.11 Å². The minimum absolute atomic E-state index is 0.0583. The van der Waals surface area contributed by atoms with Crippen molar-refractivity contribution in [1.82, 2.24) is 5.32 Å². The Balaban J connectivity index is 1.71. The third kappa shape index (κ3) is 7.87. The third-order valence-corrected chi connectivity index (χ3v) is 5.43. The lowest BCUT2D eigenvalue weighted by Gasteiger charge is -2.19. The summed E-state index contributed by atoms with van der Waals surface area (Å²) < 4.78 is 10.6. The van der Waals surface area contributed by atoms with Crippen LogP contribution in [-0.2, 0) is 33.8 Å². The second-order valence-corrected chi connectivity index (χ2v) is 8.03. The van der Waals surface area contributed by atoms with Gasteiger partial charge in [0, 0.05) is 18.3 Å². The van der Waals surface area contributed by atoms with Crippen molar-refractivity contribution in [2.75, 3.05) is 7.11 Å². The molecule has 0 saturated carbocycles. The van der Waals surface area contributed by atoms with E-state index in [1.807, 2.05) is 30.3 Å². The number of carbonyl (C=O) groups excluding carboxylic acids is 2. The molecule has 9 heteroatoms. The summed E-state index contributed by atoms with van der Waals surface area (Å²) >= 11 is 0. The van der Waals surface area contributed by atoms with Crippen molar-refractivity contribution in [1.29, 1.82) is 0 Å². The summed E-state index contributed by atoms with van der Waals surface area (Å²) in [5, 5.41) is 31.5. The van der Waals surface area contributed by atoms with Crippen LogP contribution in [0, 0.1) is 0 Å². The molecule has 3 aromatic rings. The number of hydrogen-bond donors (Lipinski definition) is 4. The van der Waals surface area contributed by atoms with Gasteiger partial charge in [0.2, 0.25) is 5.91 Å². The number of aromatic hydroxyl groups is 1. The second-order valence-electron chi connectivity index (χ2n) is 8.03. The highest BCUT2D eigenvalue weighted by Gasteiger charge is 2.25. The molecule has 3 rings (SSSR count).